The SMILES string of the molecule is CNC(=O)c1ncc2[nH]c3ccc(NC(C)=O)cc3c2c1C. The Balaban J connectivity index is 2.29. The van der Waals surface area contributed by atoms with E-state index in [2.05, 4.69) is 20.6 Å². The number of amides is 2. The Morgan fingerprint density at radius 3 is 2.68 bits per heavy atom. The molecule has 22 heavy (non-hydrogen) atoms. The van der Waals surface area contributed by atoms with Crippen molar-refractivity contribution in [1.82, 2.24) is 15.3 Å². The van der Waals surface area contributed by atoms with E-state index in [4.69, 9.17) is 0 Å². The smallest absolute Gasteiger partial charge is 0.269 e. The quantitative estimate of drug-likeness (QED) is 0.678. The van der Waals surface area contributed by atoms with Gasteiger partial charge < -0.3 is 15.6 Å². The monoisotopic (exact) mass is 296 g/mol. The second kappa shape index (κ2) is 5.14. The Morgan fingerprint density at radius 1 is 1.23 bits per heavy atom. The van der Waals surface area contributed by atoms with Gasteiger partial charge in [0.1, 0.15) is 5.69 Å². The predicted molar refractivity (Wildman–Crippen MR) is 86.0 cm³/mol. The molecule has 0 aliphatic heterocycles. The van der Waals surface area contributed by atoms with E-state index in [0.29, 0.717) is 5.69 Å². The van der Waals surface area contributed by atoms with Gasteiger partial charge in [-0.15, -0.1) is 0 Å². The molecule has 6 heteroatoms. The van der Waals surface area contributed by atoms with Gasteiger partial charge in [-0.3, -0.25) is 9.59 Å². The highest BCUT2D eigenvalue weighted by Gasteiger charge is 2.15. The van der Waals surface area contributed by atoms with Crippen molar-refractivity contribution >= 4 is 39.3 Å². The lowest BCUT2D eigenvalue weighted by Gasteiger charge is -2.05. The van der Waals surface area contributed by atoms with Gasteiger partial charge in [-0.2, -0.15) is 0 Å². The minimum Gasteiger partial charge on any atom is -0.354 e. The fraction of sp³-hybridized carbons (Fsp3) is 0.188. The summed E-state index contributed by atoms with van der Waals surface area (Å²) in [7, 11) is 1.58. The Labute approximate surface area is 126 Å². The molecule has 112 valence electrons. The van der Waals surface area contributed by atoms with Crippen LogP contribution in [0.4, 0.5) is 5.69 Å². The van der Waals surface area contributed by atoms with E-state index in [1.54, 1.807) is 13.2 Å². The Kier molecular flexibility index (Phi) is 3.29. The average molecular weight is 296 g/mol. The van der Waals surface area contributed by atoms with Crippen LogP contribution in [0.2, 0.25) is 0 Å². The third kappa shape index (κ3) is 2.18. The zero-order chi connectivity index (χ0) is 15.9. The molecule has 3 rings (SSSR count). The first kappa shape index (κ1) is 14.1. The molecular weight excluding hydrogens is 280 g/mol. The van der Waals surface area contributed by atoms with Crippen LogP contribution in [0.5, 0.6) is 0 Å². The number of aromatic amines is 1. The second-order valence-corrected chi connectivity index (χ2v) is 5.17. The van der Waals surface area contributed by atoms with E-state index in [1.165, 1.54) is 6.92 Å². The number of carbonyl (C=O) groups excluding carboxylic acids is 2. The average Bonchev–Trinajstić information content (AvgIpc) is 2.85. The molecule has 2 amide bonds. The van der Waals surface area contributed by atoms with Gasteiger partial charge in [0.05, 0.1) is 11.7 Å². The van der Waals surface area contributed by atoms with Crippen molar-refractivity contribution < 1.29 is 9.59 Å². The summed E-state index contributed by atoms with van der Waals surface area (Å²) in [5.74, 6) is -0.338. The highest BCUT2D eigenvalue weighted by atomic mass is 16.2. The topological polar surface area (TPSA) is 86.9 Å². The number of aryl methyl sites for hydroxylation is 1. The van der Waals surface area contributed by atoms with Gasteiger partial charge in [-0.1, -0.05) is 0 Å². The maximum absolute atomic E-state index is 11.9. The van der Waals surface area contributed by atoms with Crippen molar-refractivity contribution in [1.29, 1.82) is 0 Å². The van der Waals surface area contributed by atoms with Crippen molar-refractivity contribution in [3.63, 3.8) is 0 Å². The molecule has 2 aromatic heterocycles. The lowest BCUT2D eigenvalue weighted by Crippen LogP contribution is -2.20. The summed E-state index contributed by atoms with van der Waals surface area (Å²) in [5, 5.41) is 7.26. The van der Waals surface area contributed by atoms with Crippen molar-refractivity contribution in [2.75, 3.05) is 12.4 Å². The first-order valence-electron chi connectivity index (χ1n) is 6.92. The molecule has 0 unspecified atom stereocenters. The summed E-state index contributed by atoms with van der Waals surface area (Å²) in [5.41, 5.74) is 3.73. The molecule has 0 atom stereocenters. The molecule has 0 spiro atoms. The molecule has 1 aromatic carbocycles. The normalized spacial score (nSPS) is 10.9. The van der Waals surface area contributed by atoms with Crippen LogP contribution in [0, 0.1) is 6.92 Å². The van der Waals surface area contributed by atoms with E-state index in [1.807, 2.05) is 25.1 Å². The van der Waals surface area contributed by atoms with Gasteiger partial charge in [-0.25, -0.2) is 4.98 Å². The van der Waals surface area contributed by atoms with Crippen LogP contribution in [0.3, 0.4) is 0 Å². The number of fused-ring (bicyclic) bond motifs is 3. The maximum atomic E-state index is 11.9. The fourth-order valence-corrected chi connectivity index (χ4v) is 2.69. The number of anilines is 1. The van der Waals surface area contributed by atoms with E-state index >= 15 is 0 Å². The number of nitrogens with zero attached hydrogens (tertiary/aromatic N) is 1. The summed E-state index contributed by atoms with van der Waals surface area (Å²) in [6.45, 7) is 3.34. The summed E-state index contributed by atoms with van der Waals surface area (Å²) in [4.78, 5) is 30.6. The number of hydrogen-bond donors (Lipinski definition) is 3. The number of hydrogen-bond acceptors (Lipinski definition) is 3. The molecule has 3 N–H and O–H groups in total. The maximum Gasteiger partial charge on any atom is 0.269 e. The number of rotatable bonds is 2. The van der Waals surface area contributed by atoms with Crippen LogP contribution < -0.4 is 10.6 Å². The second-order valence-electron chi connectivity index (χ2n) is 5.17. The molecule has 0 bridgehead atoms. The molecular formula is C16H16N4O2. The first-order valence-corrected chi connectivity index (χ1v) is 6.92. The van der Waals surface area contributed by atoms with Crippen LogP contribution in [-0.2, 0) is 4.79 Å². The van der Waals surface area contributed by atoms with Crippen LogP contribution in [-0.4, -0.2) is 28.8 Å². The molecule has 0 aliphatic rings. The molecule has 0 fully saturated rings. The van der Waals surface area contributed by atoms with Crippen LogP contribution in [0.1, 0.15) is 23.0 Å². The van der Waals surface area contributed by atoms with E-state index < -0.39 is 0 Å². The van der Waals surface area contributed by atoms with Crippen molar-refractivity contribution in [3.05, 3.63) is 35.7 Å². The van der Waals surface area contributed by atoms with Crippen molar-refractivity contribution in [2.45, 2.75) is 13.8 Å². The van der Waals surface area contributed by atoms with Gasteiger partial charge >= 0.3 is 0 Å². The van der Waals surface area contributed by atoms with E-state index in [-0.39, 0.29) is 11.8 Å². The third-order valence-electron chi connectivity index (χ3n) is 3.64. The number of pyridine rings is 1. The number of nitrogens with one attached hydrogen (secondary N) is 3. The minimum atomic E-state index is -0.216. The zero-order valence-corrected chi connectivity index (χ0v) is 12.6. The lowest BCUT2D eigenvalue weighted by atomic mass is 10.1. The molecule has 0 saturated carbocycles. The summed E-state index contributed by atoms with van der Waals surface area (Å²) in [6, 6.07) is 5.64. The van der Waals surface area contributed by atoms with Gasteiger partial charge in [0, 0.05) is 35.9 Å². The highest BCUT2D eigenvalue weighted by Crippen LogP contribution is 2.30. The fourth-order valence-electron chi connectivity index (χ4n) is 2.69. The zero-order valence-electron chi connectivity index (χ0n) is 12.6. The summed E-state index contributed by atoms with van der Waals surface area (Å²) < 4.78 is 0. The number of benzene rings is 1. The van der Waals surface area contributed by atoms with E-state index in [9.17, 15) is 9.59 Å². The van der Waals surface area contributed by atoms with Gasteiger partial charge in [0.25, 0.3) is 5.91 Å². The van der Waals surface area contributed by atoms with Crippen LogP contribution in [0.25, 0.3) is 21.8 Å². The molecule has 6 nitrogen and oxygen atoms in total. The Bertz CT molecular complexity index is 911. The van der Waals surface area contributed by atoms with Gasteiger partial charge in [0.2, 0.25) is 5.91 Å². The molecule has 3 aromatic rings. The third-order valence-corrected chi connectivity index (χ3v) is 3.64. The molecule has 0 radical (unpaired) electrons. The van der Waals surface area contributed by atoms with Crippen molar-refractivity contribution in [2.24, 2.45) is 0 Å². The summed E-state index contributed by atoms with van der Waals surface area (Å²) in [6.07, 6.45) is 1.66. The predicted octanol–water partition coefficient (Wildman–Crippen LogP) is 2.34. The van der Waals surface area contributed by atoms with Gasteiger partial charge in [-0.05, 0) is 30.7 Å². The number of H-pyrrole nitrogens is 1. The number of aromatic nitrogens is 2. The molecule has 0 aliphatic carbocycles. The lowest BCUT2D eigenvalue weighted by molar-refractivity contribution is -0.114. The Morgan fingerprint density at radius 2 is 2.00 bits per heavy atom. The van der Waals surface area contributed by atoms with Crippen molar-refractivity contribution in [3.8, 4) is 0 Å². The minimum absolute atomic E-state index is 0.122. The number of carbonyl (C=O) groups is 2. The van der Waals surface area contributed by atoms with Crippen LogP contribution >= 0.6 is 0 Å². The standard InChI is InChI=1S/C16H16N4O2/c1-8-14-11-6-10(19-9(2)21)4-5-12(11)20-13(14)7-18-15(8)16(22)17-3/h4-7,20H,1-3H3,(H,17,22)(H,19,21). The summed E-state index contributed by atoms with van der Waals surface area (Å²) >= 11 is 0. The highest BCUT2D eigenvalue weighted by molar-refractivity contribution is 6.12. The first-order chi connectivity index (χ1) is 10.5. The van der Waals surface area contributed by atoms with Crippen LogP contribution in [0.15, 0.2) is 24.4 Å². The van der Waals surface area contributed by atoms with E-state index in [0.717, 1.165) is 33.1 Å². The largest absolute Gasteiger partial charge is 0.354 e. The molecule has 0 saturated heterocycles. The molecule has 2 heterocycles. The van der Waals surface area contributed by atoms with Gasteiger partial charge in [0.15, 0.2) is 0 Å². The Hall–Kier alpha value is -2.89.